The van der Waals surface area contributed by atoms with Crippen molar-refractivity contribution in [1.29, 1.82) is 0 Å². The fourth-order valence-corrected chi connectivity index (χ4v) is 3.74. The molecule has 0 bridgehead atoms. The lowest BCUT2D eigenvalue weighted by atomic mass is 9.98. The molecule has 6 heteroatoms. The largest absolute Gasteiger partial charge is 0.488 e. The summed E-state index contributed by atoms with van der Waals surface area (Å²) in [5.74, 6) is 0.358. The van der Waals surface area contributed by atoms with E-state index in [2.05, 4.69) is 6.07 Å². The van der Waals surface area contributed by atoms with Gasteiger partial charge in [0, 0.05) is 16.5 Å². The number of aliphatic hydroxyl groups excluding tert-OH is 1. The maximum Gasteiger partial charge on any atom is 0.310 e. The average molecular weight is 446 g/mol. The number of nitrogens with two attached hydrogens (primary N) is 1. The van der Waals surface area contributed by atoms with Crippen molar-refractivity contribution in [1.82, 2.24) is 0 Å². The van der Waals surface area contributed by atoms with Gasteiger partial charge in [-0.25, -0.2) is 0 Å². The molecule has 0 aliphatic heterocycles. The van der Waals surface area contributed by atoms with Crippen LogP contribution in [-0.4, -0.2) is 24.3 Å². The lowest BCUT2D eigenvalue weighted by Crippen LogP contribution is -2.14. The van der Waals surface area contributed by atoms with Crippen molar-refractivity contribution in [2.24, 2.45) is 5.73 Å². The van der Waals surface area contributed by atoms with Crippen LogP contribution in [0.5, 0.6) is 5.75 Å². The number of benzene rings is 3. The summed E-state index contributed by atoms with van der Waals surface area (Å²) in [5, 5.41) is 10.3. The molecule has 0 amide bonds. The summed E-state index contributed by atoms with van der Waals surface area (Å²) < 4.78 is 16.9. The number of fused-ring (bicyclic) bond motifs is 1. The highest BCUT2D eigenvalue weighted by molar-refractivity contribution is 5.86. The molecule has 1 aromatic heterocycles. The monoisotopic (exact) mass is 445 g/mol. The summed E-state index contributed by atoms with van der Waals surface area (Å²) in [6, 6.07) is 20.9. The molecule has 1 heterocycles. The van der Waals surface area contributed by atoms with E-state index in [0.29, 0.717) is 19.0 Å². The van der Waals surface area contributed by atoms with E-state index in [1.807, 2.05) is 60.7 Å². The first-order chi connectivity index (χ1) is 16.1. The number of aliphatic hydroxyl groups is 1. The number of esters is 1. The van der Waals surface area contributed by atoms with Crippen LogP contribution in [0.2, 0.25) is 0 Å². The van der Waals surface area contributed by atoms with E-state index in [9.17, 15) is 9.90 Å². The highest BCUT2D eigenvalue weighted by Gasteiger charge is 2.13. The highest BCUT2D eigenvalue weighted by Crippen LogP contribution is 2.30. The third-order valence-electron chi connectivity index (χ3n) is 5.49. The van der Waals surface area contributed by atoms with E-state index in [1.165, 1.54) is 0 Å². The van der Waals surface area contributed by atoms with Gasteiger partial charge >= 0.3 is 5.97 Å². The number of rotatable bonds is 9. The fourth-order valence-electron chi connectivity index (χ4n) is 3.74. The highest BCUT2D eigenvalue weighted by atomic mass is 16.5. The van der Waals surface area contributed by atoms with Crippen LogP contribution in [0.3, 0.4) is 0 Å². The van der Waals surface area contributed by atoms with Gasteiger partial charge in [-0.3, -0.25) is 4.79 Å². The van der Waals surface area contributed by atoms with Crippen LogP contribution in [0, 0.1) is 0 Å². The standard InChI is InChI=1S/C27H27NO5/c1-2-31-27(30)14-21-6-3-4-9-25(21)32-16-22-17-33-26-11-10-19(13-23(22)26)18-7-5-8-20(12-18)24(28)15-29/h3-13,17,24,29H,2,14-16,28H2,1H3/t24-/m1/s1. The van der Waals surface area contributed by atoms with Crippen molar-refractivity contribution in [3.05, 3.63) is 89.7 Å². The zero-order valence-electron chi connectivity index (χ0n) is 18.5. The number of ether oxygens (including phenoxy) is 2. The Morgan fingerprint density at radius 2 is 1.85 bits per heavy atom. The first kappa shape index (κ1) is 22.6. The molecule has 33 heavy (non-hydrogen) atoms. The summed E-state index contributed by atoms with van der Waals surface area (Å²) in [7, 11) is 0. The molecule has 0 aliphatic rings. The van der Waals surface area contributed by atoms with Gasteiger partial charge in [0.1, 0.15) is 17.9 Å². The van der Waals surface area contributed by atoms with Crippen LogP contribution in [0.1, 0.15) is 29.7 Å². The van der Waals surface area contributed by atoms with E-state index in [-0.39, 0.29) is 19.0 Å². The second kappa shape index (κ2) is 10.3. The van der Waals surface area contributed by atoms with Gasteiger partial charge in [-0.15, -0.1) is 0 Å². The van der Waals surface area contributed by atoms with E-state index < -0.39 is 6.04 Å². The van der Waals surface area contributed by atoms with Crippen LogP contribution in [0.15, 0.2) is 77.4 Å². The van der Waals surface area contributed by atoms with Crippen molar-refractivity contribution >= 4 is 16.9 Å². The van der Waals surface area contributed by atoms with Crippen LogP contribution >= 0.6 is 0 Å². The van der Waals surface area contributed by atoms with Gasteiger partial charge in [-0.1, -0.05) is 42.5 Å². The van der Waals surface area contributed by atoms with Crippen LogP contribution in [-0.2, 0) is 22.6 Å². The first-order valence-corrected chi connectivity index (χ1v) is 10.9. The van der Waals surface area contributed by atoms with E-state index in [0.717, 1.165) is 38.8 Å². The molecule has 170 valence electrons. The van der Waals surface area contributed by atoms with Gasteiger partial charge in [0.15, 0.2) is 0 Å². The quantitative estimate of drug-likeness (QED) is 0.360. The van der Waals surface area contributed by atoms with E-state index >= 15 is 0 Å². The maximum absolute atomic E-state index is 11.9. The molecular weight excluding hydrogens is 418 g/mol. The van der Waals surface area contributed by atoms with Crippen molar-refractivity contribution < 1.29 is 23.8 Å². The van der Waals surface area contributed by atoms with E-state index in [1.54, 1.807) is 13.2 Å². The molecule has 0 aliphatic carbocycles. The molecule has 0 fully saturated rings. The molecule has 0 saturated carbocycles. The van der Waals surface area contributed by atoms with Gasteiger partial charge < -0.3 is 24.7 Å². The number of para-hydroxylation sites is 1. The molecule has 0 saturated heterocycles. The zero-order chi connectivity index (χ0) is 23.2. The van der Waals surface area contributed by atoms with Crippen molar-refractivity contribution in [2.75, 3.05) is 13.2 Å². The molecule has 0 radical (unpaired) electrons. The predicted molar refractivity (Wildman–Crippen MR) is 127 cm³/mol. The zero-order valence-corrected chi connectivity index (χ0v) is 18.5. The molecule has 0 unspecified atom stereocenters. The number of hydrogen-bond acceptors (Lipinski definition) is 6. The Morgan fingerprint density at radius 1 is 1.03 bits per heavy atom. The minimum atomic E-state index is -0.416. The Morgan fingerprint density at radius 3 is 2.67 bits per heavy atom. The molecule has 4 aromatic rings. The Kier molecular flexibility index (Phi) is 7.07. The first-order valence-electron chi connectivity index (χ1n) is 10.9. The smallest absolute Gasteiger partial charge is 0.310 e. The van der Waals surface area contributed by atoms with Gasteiger partial charge in [0.25, 0.3) is 0 Å². The van der Waals surface area contributed by atoms with Gasteiger partial charge in [0.05, 0.1) is 31.9 Å². The van der Waals surface area contributed by atoms with Crippen LogP contribution in [0.4, 0.5) is 0 Å². The molecule has 6 nitrogen and oxygen atoms in total. The average Bonchev–Trinajstić information content (AvgIpc) is 3.25. The molecule has 1 atom stereocenters. The number of furan rings is 1. The predicted octanol–water partition coefficient (Wildman–Crippen LogP) is 4.78. The second-order valence-electron chi connectivity index (χ2n) is 7.76. The van der Waals surface area contributed by atoms with Gasteiger partial charge in [-0.05, 0) is 47.9 Å². The second-order valence-corrected chi connectivity index (χ2v) is 7.76. The lowest BCUT2D eigenvalue weighted by Gasteiger charge is -2.11. The summed E-state index contributed by atoms with van der Waals surface area (Å²) in [6.07, 6.45) is 1.85. The molecule has 4 rings (SSSR count). The van der Waals surface area contributed by atoms with Crippen molar-refractivity contribution in [3.8, 4) is 16.9 Å². The van der Waals surface area contributed by atoms with E-state index in [4.69, 9.17) is 19.6 Å². The Hall–Kier alpha value is -3.61. The maximum atomic E-state index is 11.9. The van der Waals surface area contributed by atoms with Crippen molar-refractivity contribution in [3.63, 3.8) is 0 Å². The minimum Gasteiger partial charge on any atom is -0.488 e. The van der Waals surface area contributed by atoms with Gasteiger partial charge in [0.2, 0.25) is 0 Å². The molecular formula is C27H27NO5. The fraction of sp³-hybridized carbons (Fsp3) is 0.222. The summed E-state index contributed by atoms with van der Waals surface area (Å²) >= 11 is 0. The number of hydrogen-bond donors (Lipinski definition) is 2. The number of carbonyl (C=O) groups excluding carboxylic acids is 1. The van der Waals surface area contributed by atoms with Gasteiger partial charge in [-0.2, -0.15) is 0 Å². The van der Waals surface area contributed by atoms with Crippen LogP contribution < -0.4 is 10.5 Å². The third kappa shape index (κ3) is 5.25. The topological polar surface area (TPSA) is 94.9 Å². The number of carbonyl (C=O) groups is 1. The van der Waals surface area contributed by atoms with Crippen LogP contribution in [0.25, 0.3) is 22.1 Å². The molecule has 0 spiro atoms. The SMILES string of the molecule is CCOC(=O)Cc1ccccc1OCc1coc2ccc(-c3cccc([C@H](N)CO)c3)cc12. The molecule has 3 N–H and O–H groups in total. The molecule has 3 aromatic carbocycles. The Balaban J connectivity index is 1.57. The van der Waals surface area contributed by atoms with Crippen molar-refractivity contribution in [2.45, 2.75) is 26.0 Å². The Labute approximate surface area is 192 Å². The third-order valence-corrected chi connectivity index (χ3v) is 5.49. The normalized spacial score (nSPS) is 12.0. The summed E-state index contributed by atoms with van der Waals surface area (Å²) in [4.78, 5) is 11.9. The Bertz CT molecular complexity index is 1250. The summed E-state index contributed by atoms with van der Waals surface area (Å²) in [5.41, 5.74) is 11.3. The summed E-state index contributed by atoms with van der Waals surface area (Å²) in [6.45, 7) is 2.32. The minimum absolute atomic E-state index is 0.108. The lowest BCUT2D eigenvalue weighted by molar-refractivity contribution is -0.142.